The first-order valence-electron chi connectivity index (χ1n) is 9.20. The van der Waals surface area contributed by atoms with E-state index in [4.69, 9.17) is 14.2 Å². The molecule has 1 unspecified atom stereocenters. The van der Waals surface area contributed by atoms with Crippen LogP contribution in [0.5, 0.6) is 17.2 Å². The molecule has 1 aliphatic heterocycles. The molecule has 1 aliphatic rings. The number of fused-ring (bicyclic) bond motifs is 1. The lowest BCUT2D eigenvalue weighted by molar-refractivity contribution is -0.141. The third-order valence-electron chi connectivity index (χ3n) is 4.39. The zero-order chi connectivity index (χ0) is 19.9. The van der Waals surface area contributed by atoms with Crippen LogP contribution < -0.4 is 19.5 Å². The van der Waals surface area contributed by atoms with E-state index in [1.54, 1.807) is 18.2 Å². The van der Waals surface area contributed by atoms with Crippen molar-refractivity contribution in [3.05, 3.63) is 53.6 Å². The molecule has 7 nitrogen and oxygen atoms in total. The Labute approximate surface area is 163 Å². The third-order valence-corrected chi connectivity index (χ3v) is 4.39. The summed E-state index contributed by atoms with van der Waals surface area (Å²) in [6, 6.07) is 12.4. The van der Waals surface area contributed by atoms with Crippen molar-refractivity contribution < 1.29 is 28.9 Å². The summed E-state index contributed by atoms with van der Waals surface area (Å²) in [5.74, 6) is -0.460. The molecule has 0 spiro atoms. The van der Waals surface area contributed by atoms with E-state index in [0.717, 1.165) is 11.3 Å². The Kier molecular flexibility index (Phi) is 6.37. The maximum atomic E-state index is 12.6. The van der Waals surface area contributed by atoms with E-state index >= 15 is 0 Å². The molecule has 2 N–H and O–H groups in total. The average Bonchev–Trinajstić information content (AvgIpc) is 2.71. The van der Waals surface area contributed by atoms with Crippen LogP contribution in [-0.2, 0) is 11.2 Å². The fourth-order valence-corrected chi connectivity index (χ4v) is 2.98. The van der Waals surface area contributed by atoms with Gasteiger partial charge in [0.15, 0.2) is 11.5 Å². The number of hydrogen-bond donors (Lipinski definition) is 2. The van der Waals surface area contributed by atoms with E-state index in [9.17, 15) is 14.7 Å². The van der Waals surface area contributed by atoms with E-state index in [0.29, 0.717) is 43.3 Å². The van der Waals surface area contributed by atoms with Crippen molar-refractivity contribution in [3.8, 4) is 17.2 Å². The molecule has 2 aromatic carbocycles. The van der Waals surface area contributed by atoms with Crippen molar-refractivity contribution in [2.45, 2.75) is 13.3 Å². The van der Waals surface area contributed by atoms with Crippen LogP contribution in [0.1, 0.15) is 22.8 Å². The summed E-state index contributed by atoms with van der Waals surface area (Å²) in [6.45, 7) is 3.28. The molecule has 28 heavy (non-hydrogen) atoms. The second kappa shape index (κ2) is 9.12. The molecule has 148 valence electrons. The number of aliphatic carboxylic acids is 1. The number of hydrogen-bond acceptors (Lipinski definition) is 5. The van der Waals surface area contributed by atoms with Crippen LogP contribution in [0.15, 0.2) is 42.5 Å². The highest BCUT2D eigenvalue weighted by molar-refractivity contribution is 5.98. The van der Waals surface area contributed by atoms with Gasteiger partial charge in [-0.15, -0.1) is 0 Å². The number of nitrogens with one attached hydrogen (secondary N) is 1. The predicted octanol–water partition coefficient (Wildman–Crippen LogP) is 2.53. The van der Waals surface area contributed by atoms with Gasteiger partial charge in [-0.3, -0.25) is 9.59 Å². The lowest BCUT2D eigenvalue weighted by atomic mass is 9.99. The summed E-state index contributed by atoms with van der Waals surface area (Å²) in [7, 11) is 0. The number of amides is 1. The van der Waals surface area contributed by atoms with Crippen molar-refractivity contribution in [1.82, 2.24) is 5.32 Å². The SMILES string of the molecule is CCOc1ccc(CC(CNC(=O)c2cccc3c2OCCO3)C(=O)O)cc1. The van der Waals surface area contributed by atoms with Gasteiger partial charge in [0.2, 0.25) is 0 Å². The van der Waals surface area contributed by atoms with Crippen molar-refractivity contribution in [2.24, 2.45) is 5.92 Å². The Hall–Kier alpha value is -3.22. The molecular formula is C21H23NO6. The number of carbonyl (C=O) groups is 2. The molecule has 1 atom stereocenters. The monoisotopic (exact) mass is 385 g/mol. The maximum Gasteiger partial charge on any atom is 0.308 e. The highest BCUT2D eigenvalue weighted by atomic mass is 16.6. The van der Waals surface area contributed by atoms with Gasteiger partial charge in [-0.2, -0.15) is 0 Å². The van der Waals surface area contributed by atoms with Crippen molar-refractivity contribution >= 4 is 11.9 Å². The Bertz CT molecular complexity index is 833. The van der Waals surface area contributed by atoms with Crippen LogP contribution in [0.25, 0.3) is 0 Å². The molecule has 1 heterocycles. The van der Waals surface area contributed by atoms with Gasteiger partial charge in [-0.05, 0) is 43.2 Å². The smallest absolute Gasteiger partial charge is 0.308 e. The van der Waals surface area contributed by atoms with Gasteiger partial charge < -0.3 is 24.6 Å². The minimum atomic E-state index is -0.969. The summed E-state index contributed by atoms with van der Waals surface area (Å²) in [5, 5.41) is 12.2. The Morgan fingerprint density at radius 1 is 1.14 bits per heavy atom. The molecule has 0 saturated carbocycles. The Morgan fingerprint density at radius 3 is 2.61 bits per heavy atom. The highest BCUT2D eigenvalue weighted by Crippen LogP contribution is 2.33. The van der Waals surface area contributed by atoms with Crippen molar-refractivity contribution in [2.75, 3.05) is 26.4 Å². The normalized spacial score (nSPS) is 13.5. The zero-order valence-electron chi connectivity index (χ0n) is 15.6. The van der Waals surface area contributed by atoms with Gasteiger partial charge in [0.05, 0.1) is 18.1 Å². The van der Waals surface area contributed by atoms with Crippen LogP contribution in [-0.4, -0.2) is 43.3 Å². The molecule has 0 aliphatic carbocycles. The molecule has 7 heteroatoms. The topological polar surface area (TPSA) is 94.1 Å². The molecule has 3 rings (SSSR count). The first-order chi connectivity index (χ1) is 13.6. The second-order valence-corrected chi connectivity index (χ2v) is 6.36. The first kappa shape index (κ1) is 19.5. The Balaban J connectivity index is 1.63. The average molecular weight is 385 g/mol. The summed E-state index contributed by atoms with van der Waals surface area (Å²) >= 11 is 0. The number of carbonyl (C=O) groups excluding carboxylic acids is 1. The molecule has 2 aromatic rings. The number of carboxylic acid groups (broad SMARTS) is 1. The number of ether oxygens (including phenoxy) is 3. The Morgan fingerprint density at radius 2 is 1.89 bits per heavy atom. The minimum absolute atomic E-state index is 0.00586. The fraction of sp³-hybridized carbons (Fsp3) is 0.333. The summed E-state index contributed by atoms with van der Waals surface area (Å²) in [5.41, 5.74) is 1.20. The number of carboxylic acids is 1. The van der Waals surface area contributed by atoms with E-state index in [2.05, 4.69) is 5.32 Å². The molecule has 1 amide bonds. The predicted molar refractivity (Wildman–Crippen MR) is 102 cm³/mol. The van der Waals surface area contributed by atoms with Crippen LogP contribution in [0, 0.1) is 5.92 Å². The first-order valence-corrected chi connectivity index (χ1v) is 9.20. The van der Waals surface area contributed by atoms with E-state index < -0.39 is 11.9 Å². The molecule has 0 bridgehead atoms. The second-order valence-electron chi connectivity index (χ2n) is 6.36. The van der Waals surface area contributed by atoms with E-state index in [-0.39, 0.29) is 12.5 Å². The highest BCUT2D eigenvalue weighted by Gasteiger charge is 2.23. The van der Waals surface area contributed by atoms with Crippen LogP contribution >= 0.6 is 0 Å². The largest absolute Gasteiger partial charge is 0.494 e. The number of para-hydroxylation sites is 1. The lowest BCUT2D eigenvalue weighted by Crippen LogP contribution is -2.34. The summed E-state index contributed by atoms with van der Waals surface area (Å²) < 4.78 is 16.4. The van der Waals surface area contributed by atoms with Gasteiger partial charge in [-0.25, -0.2) is 0 Å². The van der Waals surface area contributed by atoms with Gasteiger partial charge in [0, 0.05) is 6.54 Å². The molecule has 0 aromatic heterocycles. The van der Waals surface area contributed by atoms with Gasteiger partial charge in [0.1, 0.15) is 19.0 Å². The van der Waals surface area contributed by atoms with Crippen molar-refractivity contribution in [1.29, 1.82) is 0 Å². The van der Waals surface area contributed by atoms with Gasteiger partial charge in [-0.1, -0.05) is 18.2 Å². The summed E-state index contributed by atoms with van der Waals surface area (Å²) in [4.78, 5) is 24.2. The minimum Gasteiger partial charge on any atom is -0.494 e. The van der Waals surface area contributed by atoms with E-state index in [1.807, 2.05) is 31.2 Å². The third kappa shape index (κ3) is 4.73. The van der Waals surface area contributed by atoms with Crippen LogP contribution in [0.4, 0.5) is 0 Å². The molecule has 0 fully saturated rings. The number of rotatable bonds is 8. The fourth-order valence-electron chi connectivity index (χ4n) is 2.98. The van der Waals surface area contributed by atoms with Crippen LogP contribution in [0.3, 0.4) is 0 Å². The lowest BCUT2D eigenvalue weighted by Gasteiger charge is -2.21. The van der Waals surface area contributed by atoms with Gasteiger partial charge in [0.25, 0.3) is 5.91 Å². The quantitative estimate of drug-likeness (QED) is 0.725. The molecule has 0 saturated heterocycles. The zero-order valence-corrected chi connectivity index (χ0v) is 15.6. The standard InChI is InChI=1S/C21H23NO6/c1-2-26-16-8-6-14(7-9-16)12-15(21(24)25)13-22-20(23)17-4-3-5-18-19(17)28-11-10-27-18/h3-9,15H,2,10-13H2,1H3,(H,22,23)(H,24,25). The summed E-state index contributed by atoms with van der Waals surface area (Å²) in [6.07, 6.45) is 0.300. The van der Waals surface area contributed by atoms with Gasteiger partial charge >= 0.3 is 5.97 Å². The van der Waals surface area contributed by atoms with E-state index in [1.165, 1.54) is 0 Å². The van der Waals surface area contributed by atoms with Crippen LogP contribution in [0.2, 0.25) is 0 Å². The number of benzene rings is 2. The molecule has 0 radical (unpaired) electrons. The maximum absolute atomic E-state index is 12.6. The van der Waals surface area contributed by atoms with Crippen molar-refractivity contribution in [3.63, 3.8) is 0 Å². The molecular weight excluding hydrogens is 362 g/mol.